The van der Waals surface area contributed by atoms with Crippen LogP contribution in [-0.2, 0) is 6.42 Å². The van der Waals surface area contributed by atoms with Crippen molar-refractivity contribution in [1.29, 1.82) is 0 Å². The Morgan fingerprint density at radius 1 is 1.12 bits per heavy atom. The van der Waals surface area contributed by atoms with E-state index in [-0.39, 0.29) is 6.04 Å². The predicted octanol–water partition coefficient (Wildman–Crippen LogP) is 3.73. The lowest BCUT2D eigenvalue weighted by Crippen LogP contribution is -2.28. The van der Waals surface area contributed by atoms with Crippen molar-refractivity contribution >= 4 is 0 Å². The molecule has 1 aromatic rings. The quantitative estimate of drug-likeness (QED) is 0.802. The molecule has 0 aliphatic rings. The van der Waals surface area contributed by atoms with Gasteiger partial charge < -0.3 is 5.73 Å². The molecule has 90 valence electrons. The summed E-state index contributed by atoms with van der Waals surface area (Å²) in [6.45, 7) is 8.93. The van der Waals surface area contributed by atoms with Crippen molar-refractivity contribution in [2.45, 2.75) is 52.5 Å². The van der Waals surface area contributed by atoms with Crippen LogP contribution in [0.25, 0.3) is 0 Å². The van der Waals surface area contributed by atoms with Gasteiger partial charge in [0.15, 0.2) is 0 Å². The first-order valence-electron chi connectivity index (χ1n) is 6.39. The summed E-state index contributed by atoms with van der Waals surface area (Å²) in [5.41, 5.74) is 9.14. The first kappa shape index (κ1) is 13.2. The molecule has 0 aliphatic heterocycles. The minimum Gasteiger partial charge on any atom is -0.327 e. The van der Waals surface area contributed by atoms with E-state index in [2.05, 4.69) is 52.0 Å². The molecule has 16 heavy (non-hydrogen) atoms. The highest BCUT2D eigenvalue weighted by Gasteiger charge is 2.17. The molecular weight excluding hydrogens is 194 g/mol. The van der Waals surface area contributed by atoms with Gasteiger partial charge in [-0.2, -0.15) is 0 Å². The van der Waals surface area contributed by atoms with Crippen LogP contribution in [0.1, 0.15) is 51.2 Å². The molecule has 2 unspecified atom stereocenters. The summed E-state index contributed by atoms with van der Waals surface area (Å²) in [5.74, 6) is 1.13. The summed E-state index contributed by atoms with van der Waals surface area (Å²) < 4.78 is 0. The zero-order chi connectivity index (χ0) is 12.1. The normalized spacial score (nSPS) is 15.1. The van der Waals surface area contributed by atoms with Gasteiger partial charge in [0.2, 0.25) is 0 Å². The summed E-state index contributed by atoms with van der Waals surface area (Å²) in [5, 5.41) is 0. The molecule has 1 rings (SSSR count). The highest BCUT2D eigenvalue weighted by molar-refractivity contribution is 5.31. The Morgan fingerprint density at radius 2 is 1.75 bits per heavy atom. The van der Waals surface area contributed by atoms with E-state index in [0.717, 1.165) is 12.8 Å². The van der Waals surface area contributed by atoms with Crippen LogP contribution >= 0.6 is 0 Å². The monoisotopic (exact) mass is 219 g/mol. The van der Waals surface area contributed by atoms with Gasteiger partial charge in [0.05, 0.1) is 0 Å². The second-order valence-electron chi connectivity index (χ2n) is 5.13. The van der Waals surface area contributed by atoms with Crippen molar-refractivity contribution < 1.29 is 0 Å². The average molecular weight is 219 g/mol. The van der Waals surface area contributed by atoms with E-state index < -0.39 is 0 Å². The van der Waals surface area contributed by atoms with Crippen LogP contribution in [0.4, 0.5) is 0 Å². The SMILES string of the molecule is CCc1ccccc1C(C)C(N)CC(C)C. The molecule has 0 spiro atoms. The van der Waals surface area contributed by atoms with Gasteiger partial charge in [0, 0.05) is 6.04 Å². The van der Waals surface area contributed by atoms with Crippen LogP contribution in [0.3, 0.4) is 0 Å². The van der Waals surface area contributed by atoms with Gasteiger partial charge in [-0.05, 0) is 35.8 Å². The Hall–Kier alpha value is -0.820. The van der Waals surface area contributed by atoms with Crippen molar-refractivity contribution in [1.82, 2.24) is 0 Å². The molecule has 1 aromatic carbocycles. The Morgan fingerprint density at radius 3 is 2.31 bits per heavy atom. The second kappa shape index (κ2) is 6.05. The number of hydrogen-bond acceptors (Lipinski definition) is 1. The van der Waals surface area contributed by atoms with Crippen molar-refractivity contribution in [2.24, 2.45) is 11.7 Å². The van der Waals surface area contributed by atoms with Gasteiger partial charge in [-0.15, -0.1) is 0 Å². The highest BCUT2D eigenvalue weighted by Crippen LogP contribution is 2.25. The Bertz CT molecular complexity index is 317. The van der Waals surface area contributed by atoms with Gasteiger partial charge in [-0.3, -0.25) is 0 Å². The van der Waals surface area contributed by atoms with E-state index in [1.165, 1.54) is 11.1 Å². The molecule has 0 saturated carbocycles. The van der Waals surface area contributed by atoms with Crippen molar-refractivity contribution in [3.05, 3.63) is 35.4 Å². The fourth-order valence-corrected chi connectivity index (χ4v) is 2.28. The standard InChI is InChI=1S/C15H25N/c1-5-13-8-6-7-9-14(13)12(4)15(16)10-11(2)3/h6-9,11-12,15H,5,10,16H2,1-4H3. The van der Waals surface area contributed by atoms with Gasteiger partial charge >= 0.3 is 0 Å². The third kappa shape index (κ3) is 3.34. The van der Waals surface area contributed by atoms with Crippen molar-refractivity contribution in [2.75, 3.05) is 0 Å². The second-order valence-corrected chi connectivity index (χ2v) is 5.13. The van der Waals surface area contributed by atoms with Crippen LogP contribution in [0.2, 0.25) is 0 Å². The van der Waals surface area contributed by atoms with E-state index in [0.29, 0.717) is 11.8 Å². The first-order chi connectivity index (χ1) is 7.56. The van der Waals surface area contributed by atoms with Gasteiger partial charge in [0.25, 0.3) is 0 Å². The molecule has 1 heteroatoms. The summed E-state index contributed by atoms with van der Waals surface area (Å²) >= 11 is 0. The molecule has 0 bridgehead atoms. The smallest absolute Gasteiger partial charge is 0.0108 e. The first-order valence-corrected chi connectivity index (χ1v) is 6.39. The number of benzene rings is 1. The summed E-state index contributed by atoms with van der Waals surface area (Å²) in [7, 11) is 0. The Kier molecular flexibility index (Phi) is 5.01. The van der Waals surface area contributed by atoms with Crippen LogP contribution in [0, 0.1) is 5.92 Å². The molecule has 2 atom stereocenters. The van der Waals surface area contributed by atoms with E-state index in [1.807, 2.05) is 0 Å². The van der Waals surface area contributed by atoms with Crippen LogP contribution in [-0.4, -0.2) is 6.04 Å². The molecular formula is C15H25N. The average Bonchev–Trinajstić information content (AvgIpc) is 2.27. The molecule has 0 heterocycles. The topological polar surface area (TPSA) is 26.0 Å². The third-order valence-electron chi connectivity index (χ3n) is 3.31. The molecule has 0 fully saturated rings. The number of aryl methyl sites for hydroxylation is 1. The van der Waals surface area contributed by atoms with Crippen LogP contribution in [0.5, 0.6) is 0 Å². The molecule has 1 nitrogen and oxygen atoms in total. The van der Waals surface area contributed by atoms with Gasteiger partial charge in [-0.25, -0.2) is 0 Å². The maximum absolute atomic E-state index is 6.27. The fourth-order valence-electron chi connectivity index (χ4n) is 2.28. The van der Waals surface area contributed by atoms with Crippen molar-refractivity contribution in [3.8, 4) is 0 Å². The predicted molar refractivity (Wildman–Crippen MR) is 71.7 cm³/mol. The lowest BCUT2D eigenvalue weighted by Gasteiger charge is -2.24. The van der Waals surface area contributed by atoms with Gasteiger partial charge in [0.1, 0.15) is 0 Å². The highest BCUT2D eigenvalue weighted by atomic mass is 14.6. The molecule has 0 radical (unpaired) electrons. The minimum absolute atomic E-state index is 0.271. The van der Waals surface area contributed by atoms with Crippen molar-refractivity contribution in [3.63, 3.8) is 0 Å². The zero-order valence-electron chi connectivity index (χ0n) is 11.0. The molecule has 0 aromatic heterocycles. The lowest BCUT2D eigenvalue weighted by molar-refractivity contribution is 0.447. The maximum atomic E-state index is 6.27. The molecule has 0 amide bonds. The molecule has 0 aliphatic carbocycles. The fraction of sp³-hybridized carbons (Fsp3) is 0.600. The van der Waals surface area contributed by atoms with Gasteiger partial charge in [-0.1, -0.05) is 52.0 Å². The van der Waals surface area contributed by atoms with E-state index in [9.17, 15) is 0 Å². The molecule has 0 saturated heterocycles. The van der Waals surface area contributed by atoms with E-state index >= 15 is 0 Å². The number of nitrogens with two attached hydrogens (primary N) is 1. The largest absolute Gasteiger partial charge is 0.327 e. The van der Waals surface area contributed by atoms with E-state index in [4.69, 9.17) is 5.73 Å². The summed E-state index contributed by atoms with van der Waals surface area (Å²) in [6.07, 6.45) is 2.19. The summed E-state index contributed by atoms with van der Waals surface area (Å²) in [6, 6.07) is 8.95. The van der Waals surface area contributed by atoms with E-state index in [1.54, 1.807) is 0 Å². The summed E-state index contributed by atoms with van der Waals surface area (Å²) in [4.78, 5) is 0. The number of hydrogen-bond donors (Lipinski definition) is 1. The zero-order valence-corrected chi connectivity index (χ0v) is 11.0. The third-order valence-corrected chi connectivity index (χ3v) is 3.31. The molecule has 2 N–H and O–H groups in total. The Balaban J connectivity index is 2.82. The lowest BCUT2D eigenvalue weighted by atomic mass is 9.85. The maximum Gasteiger partial charge on any atom is 0.0108 e. The van der Waals surface area contributed by atoms with Crippen LogP contribution in [0.15, 0.2) is 24.3 Å². The minimum atomic E-state index is 0.271. The number of rotatable bonds is 5. The Labute approximate surface area is 100 Å². The van der Waals surface area contributed by atoms with Crippen LogP contribution < -0.4 is 5.73 Å².